The number of amides is 2. The van der Waals surface area contributed by atoms with Gasteiger partial charge in [0, 0.05) is 0 Å². The van der Waals surface area contributed by atoms with Crippen LogP contribution >= 0.6 is 0 Å². The van der Waals surface area contributed by atoms with E-state index in [1.165, 1.54) is 12.1 Å². The van der Waals surface area contributed by atoms with E-state index in [9.17, 15) is 19.5 Å². The van der Waals surface area contributed by atoms with Crippen LogP contribution in [-0.2, 0) is 0 Å². The van der Waals surface area contributed by atoms with Crippen molar-refractivity contribution in [1.29, 1.82) is 0 Å². The van der Waals surface area contributed by atoms with Crippen molar-refractivity contribution in [2.75, 3.05) is 4.90 Å². The first-order valence-corrected chi connectivity index (χ1v) is 8.12. The summed E-state index contributed by atoms with van der Waals surface area (Å²) in [5, 5.41) is 11.0. The smallest absolute Gasteiger partial charge is 0.266 e. The predicted octanol–water partition coefficient (Wildman–Crippen LogP) is 2.64. The van der Waals surface area contributed by atoms with Crippen molar-refractivity contribution in [3.63, 3.8) is 0 Å². The summed E-state index contributed by atoms with van der Waals surface area (Å²) in [5.74, 6) is -1.26. The van der Waals surface area contributed by atoms with E-state index in [4.69, 9.17) is 4.74 Å². The van der Waals surface area contributed by atoms with Crippen molar-refractivity contribution in [3.05, 3.63) is 89.5 Å². The zero-order chi connectivity index (χ0) is 19.0. The molecule has 0 atom stereocenters. The van der Waals surface area contributed by atoms with Gasteiger partial charge in [-0.1, -0.05) is 24.3 Å². The first kappa shape index (κ1) is 16.5. The Morgan fingerprint density at radius 1 is 0.778 bits per heavy atom. The zero-order valence-electron chi connectivity index (χ0n) is 13.9. The Morgan fingerprint density at radius 2 is 1.41 bits per heavy atom. The number of carboxylic acid groups (broad SMARTS) is 1. The minimum atomic E-state index is -1.40. The van der Waals surface area contributed by atoms with Crippen LogP contribution in [0.1, 0.15) is 31.1 Å². The highest BCUT2D eigenvalue weighted by Gasteiger charge is 2.36. The van der Waals surface area contributed by atoms with Gasteiger partial charge in [0.2, 0.25) is 0 Å². The number of carboxylic acids is 1. The highest BCUT2D eigenvalue weighted by atomic mass is 16.5. The minimum absolute atomic E-state index is 0.0475. The SMILES string of the molecule is O=C([O-])c1ccc2c(c1)C(=O)N(c1ccc(Oc3ccccc3)cc1)C2=O. The number of carbonyl (C=O) groups excluding carboxylic acids is 3. The Balaban J connectivity index is 1.61. The fourth-order valence-electron chi connectivity index (χ4n) is 2.89. The lowest BCUT2D eigenvalue weighted by Gasteiger charge is -2.14. The van der Waals surface area contributed by atoms with E-state index in [-0.39, 0.29) is 16.7 Å². The van der Waals surface area contributed by atoms with Crippen LogP contribution in [-0.4, -0.2) is 17.8 Å². The molecule has 1 heterocycles. The summed E-state index contributed by atoms with van der Waals surface area (Å²) in [4.78, 5) is 37.2. The van der Waals surface area contributed by atoms with Crippen molar-refractivity contribution in [2.24, 2.45) is 0 Å². The predicted molar refractivity (Wildman–Crippen MR) is 94.9 cm³/mol. The van der Waals surface area contributed by atoms with Gasteiger partial charge in [0.1, 0.15) is 11.5 Å². The quantitative estimate of drug-likeness (QED) is 0.669. The summed E-state index contributed by atoms with van der Waals surface area (Å²) in [6, 6.07) is 19.4. The number of hydrogen-bond donors (Lipinski definition) is 0. The molecule has 0 unspecified atom stereocenters. The van der Waals surface area contributed by atoms with E-state index in [1.54, 1.807) is 24.3 Å². The van der Waals surface area contributed by atoms with Gasteiger partial charge in [0.05, 0.1) is 22.8 Å². The van der Waals surface area contributed by atoms with E-state index in [2.05, 4.69) is 0 Å². The van der Waals surface area contributed by atoms with Crippen LogP contribution in [0.15, 0.2) is 72.8 Å². The molecule has 6 nitrogen and oxygen atoms in total. The third kappa shape index (κ3) is 2.93. The normalized spacial score (nSPS) is 12.8. The fraction of sp³-hybridized carbons (Fsp3) is 0. The minimum Gasteiger partial charge on any atom is -0.545 e. The van der Waals surface area contributed by atoms with Crippen LogP contribution in [0.25, 0.3) is 0 Å². The van der Waals surface area contributed by atoms with Crippen molar-refractivity contribution < 1.29 is 24.2 Å². The standard InChI is InChI=1S/C21H13NO5/c23-19-17-11-6-13(21(25)26)12-18(17)20(24)22(19)14-7-9-16(10-8-14)27-15-4-2-1-3-5-15/h1-12H,(H,25,26)/p-1. The number of nitrogens with zero attached hydrogens (tertiary/aromatic N) is 1. The van der Waals surface area contributed by atoms with Gasteiger partial charge in [-0.2, -0.15) is 0 Å². The summed E-state index contributed by atoms with van der Waals surface area (Å²) in [6.45, 7) is 0. The summed E-state index contributed by atoms with van der Waals surface area (Å²) in [6.07, 6.45) is 0. The van der Waals surface area contributed by atoms with Crippen LogP contribution in [0.3, 0.4) is 0 Å². The number of carbonyl (C=O) groups is 3. The van der Waals surface area contributed by atoms with Gasteiger partial charge < -0.3 is 14.6 Å². The first-order valence-electron chi connectivity index (χ1n) is 8.12. The van der Waals surface area contributed by atoms with Crippen LogP contribution in [0.4, 0.5) is 5.69 Å². The summed E-state index contributed by atoms with van der Waals surface area (Å²) in [7, 11) is 0. The molecule has 0 fully saturated rings. The second kappa shape index (κ2) is 6.42. The first-order chi connectivity index (χ1) is 13.0. The highest BCUT2D eigenvalue weighted by molar-refractivity contribution is 6.34. The van der Waals surface area contributed by atoms with Crippen molar-refractivity contribution in [2.45, 2.75) is 0 Å². The second-order valence-corrected chi connectivity index (χ2v) is 5.90. The van der Waals surface area contributed by atoms with E-state index in [0.29, 0.717) is 17.2 Å². The number of ether oxygens (including phenoxy) is 1. The lowest BCUT2D eigenvalue weighted by atomic mass is 10.1. The van der Waals surface area contributed by atoms with Gasteiger partial charge in [-0.3, -0.25) is 9.59 Å². The molecule has 3 aromatic carbocycles. The molecule has 0 N–H and O–H groups in total. The third-order valence-electron chi connectivity index (χ3n) is 4.20. The van der Waals surface area contributed by atoms with Gasteiger partial charge in [-0.25, -0.2) is 4.90 Å². The molecular formula is C21H12NO5-. The lowest BCUT2D eigenvalue weighted by Crippen LogP contribution is -2.29. The Hall–Kier alpha value is -3.93. The van der Waals surface area contributed by atoms with Crippen molar-refractivity contribution in [3.8, 4) is 11.5 Å². The molecule has 0 spiro atoms. The Labute approximate surface area is 154 Å². The maximum Gasteiger partial charge on any atom is 0.266 e. The van der Waals surface area contributed by atoms with Gasteiger partial charge in [0.15, 0.2) is 0 Å². The molecule has 0 radical (unpaired) electrons. The number of benzene rings is 3. The van der Waals surface area contributed by atoms with Gasteiger partial charge in [-0.15, -0.1) is 0 Å². The van der Waals surface area contributed by atoms with E-state index >= 15 is 0 Å². The average Bonchev–Trinajstić information content (AvgIpc) is 2.93. The number of hydrogen-bond acceptors (Lipinski definition) is 5. The number of imide groups is 1. The van der Waals surface area contributed by atoms with Gasteiger partial charge in [0.25, 0.3) is 11.8 Å². The fourth-order valence-corrected chi connectivity index (χ4v) is 2.89. The number of aromatic carboxylic acids is 1. The molecule has 3 aromatic rings. The molecule has 0 aromatic heterocycles. The van der Waals surface area contributed by atoms with Crippen LogP contribution in [0.5, 0.6) is 11.5 Å². The summed E-state index contributed by atoms with van der Waals surface area (Å²) in [5.41, 5.74) is 0.431. The number of rotatable bonds is 4. The molecule has 0 saturated heterocycles. The number of anilines is 1. The Kier molecular flexibility index (Phi) is 3.93. The van der Waals surface area contributed by atoms with Gasteiger partial charge in [-0.05, 0) is 54.1 Å². The van der Waals surface area contributed by atoms with E-state index in [1.807, 2.05) is 30.3 Å². The van der Waals surface area contributed by atoms with E-state index in [0.717, 1.165) is 11.0 Å². The molecule has 0 saturated carbocycles. The van der Waals surface area contributed by atoms with Crippen LogP contribution in [0, 0.1) is 0 Å². The molecular weight excluding hydrogens is 346 g/mol. The topological polar surface area (TPSA) is 86.7 Å². The van der Waals surface area contributed by atoms with Crippen molar-refractivity contribution >= 4 is 23.5 Å². The lowest BCUT2D eigenvalue weighted by molar-refractivity contribution is -0.255. The molecule has 2 amide bonds. The molecule has 132 valence electrons. The summed E-state index contributed by atoms with van der Waals surface area (Å²) < 4.78 is 5.69. The van der Waals surface area contributed by atoms with Crippen LogP contribution < -0.4 is 14.7 Å². The molecule has 0 bridgehead atoms. The molecule has 4 rings (SSSR count). The molecule has 6 heteroatoms. The number of para-hydroxylation sites is 1. The average molecular weight is 358 g/mol. The maximum atomic E-state index is 12.6. The van der Waals surface area contributed by atoms with Crippen LogP contribution in [0.2, 0.25) is 0 Å². The monoisotopic (exact) mass is 358 g/mol. The van der Waals surface area contributed by atoms with E-state index < -0.39 is 17.8 Å². The summed E-state index contributed by atoms with van der Waals surface area (Å²) >= 11 is 0. The third-order valence-corrected chi connectivity index (χ3v) is 4.20. The Bertz CT molecular complexity index is 1060. The van der Waals surface area contributed by atoms with Crippen molar-refractivity contribution in [1.82, 2.24) is 0 Å². The van der Waals surface area contributed by atoms with Gasteiger partial charge >= 0.3 is 0 Å². The second-order valence-electron chi connectivity index (χ2n) is 5.90. The molecule has 27 heavy (non-hydrogen) atoms. The molecule has 1 aliphatic rings. The largest absolute Gasteiger partial charge is 0.545 e. The number of fused-ring (bicyclic) bond motifs is 1. The molecule has 1 aliphatic heterocycles. The zero-order valence-corrected chi connectivity index (χ0v) is 13.9. The molecule has 0 aliphatic carbocycles. The maximum absolute atomic E-state index is 12.6. The Morgan fingerprint density at radius 3 is 2.07 bits per heavy atom. The highest BCUT2D eigenvalue weighted by Crippen LogP contribution is 2.31.